The Bertz CT molecular complexity index is 585. The average molecular weight is 343 g/mol. The van der Waals surface area contributed by atoms with Crippen molar-refractivity contribution in [3.63, 3.8) is 0 Å². The number of carbonyl (C=O) groups excluding carboxylic acids is 2. The minimum absolute atomic E-state index is 0. The van der Waals surface area contributed by atoms with Gasteiger partial charge < -0.3 is 19.5 Å². The van der Waals surface area contributed by atoms with E-state index in [9.17, 15) is 22.6 Å². The molecule has 0 aromatic rings. The summed E-state index contributed by atoms with van der Waals surface area (Å²) in [6.07, 6.45) is 0.356. The maximum atomic E-state index is 12.1. The van der Waals surface area contributed by atoms with Gasteiger partial charge in [0.1, 0.15) is 6.04 Å². The number of nitrogens with zero attached hydrogens (tertiary/aromatic N) is 2. The van der Waals surface area contributed by atoms with Crippen LogP contribution in [0.2, 0.25) is 0 Å². The van der Waals surface area contributed by atoms with Crippen molar-refractivity contribution in [1.82, 2.24) is 15.3 Å². The zero-order valence-electron chi connectivity index (χ0n) is 12.1. The molecule has 4 atom stereocenters. The summed E-state index contributed by atoms with van der Waals surface area (Å²) in [5, 5.41) is 3.34. The molecule has 0 radical (unpaired) electrons. The zero-order chi connectivity index (χ0) is 15.4. The monoisotopic (exact) mass is 343 g/mol. The van der Waals surface area contributed by atoms with Gasteiger partial charge in [0.25, 0.3) is 0 Å². The van der Waals surface area contributed by atoms with E-state index in [0.29, 0.717) is 18.1 Å². The van der Waals surface area contributed by atoms with Crippen LogP contribution in [0.4, 0.5) is 4.79 Å². The van der Waals surface area contributed by atoms with Gasteiger partial charge in [-0.3, -0.25) is 4.79 Å². The van der Waals surface area contributed by atoms with Gasteiger partial charge in [-0.25, -0.2) is 13.2 Å². The molecule has 3 saturated heterocycles. The van der Waals surface area contributed by atoms with Gasteiger partial charge in [0.05, 0.1) is 18.7 Å². The van der Waals surface area contributed by atoms with Crippen molar-refractivity contribution in [2.45, 2.75) is 24.5 Å². The number of ether oxygens (including phenoxy) is 1. The Balaban J connectivity index is 0.00000176. The molecule has 22 heavy (non-hydrogen) atoms. The molecule has 12 heteroatoms. The quantitative estimate of drug-likeness (QED) is 0.307. The number of rotatable bonds is 4. The summed E-state index contributed by atoms with van der Waals surface area (Å²) < 4.78 is 41.4. The predicted octanol–water partition coefficient (Wildman–Crippen LogP) is -4.98. The molecule has 0 saturated carbocycles. The summed E-state index contributed by atoms with van der Waals surface area (Å²) in [6, 6.07) is -2.29. The van der Waals surface area contributed by atoms with Gasteiger partial charge in [0, 0.05) is 19.6 Å². The van der Waals surface area contributed by atoms with Gasteiger partial charge in [0.15, 0.2) is 0 Å². The third-order valence-electron chi connectivity index (χ3n) is 4.09. The number of piperidine rings is 1. The van der Waals surface area contributed by atoms with E-state index in [1.165, 1.54) is 12.0 Å². The predicted molar refractivity (Wildman–Crippen MR) is 64.2 cm³/mol. The summed E-state index contributed by atoms with van der Waals surface area (Å²) in [5.41, 5.74) is 0. The summed E-state index contributed by atoms with van der Waals surface area (Å²) in [4.78, 5) is 25.4. The number of hydroxylamine groups is 2. The standard InChI is InChI=1S/C10H15N3O7S.Na/c1-19-4-7-6-2-5-3-12(8(6)9(14)11-7)10(15)13(5)20-21(16,17)18;/h5-8H,2-4H2,1H3,(H,11,14)(H,16,17,18);/q;+1/p-1/t5-,6+,7+,8+;/m1./s1. The fraction of sp³-hybridized carbons (Fsp3) is 0.800. The van der Waals surface area contributed by atoms with Gasteiger partial charge in [-0.1, -0.05) is 0 Å². The Kier molecular flexibility index (Phi) is 5.07. The van der Waals surface area contributed by atoms with Gasteiger partial charge in [0.2, 0.25) is 16.3 Å². The van der Waals surface area contributed by atoms with E-state index in [0.717, 1.165) is 0 Å². The molecule has 3 rings (SSSR count). The molecule has 3 aliphatic rings. The number of hydrogen-bond acceptors (Lipinski definition) is 7. The molecule has 0 aromatic carbocycles. The zero-order valence-corrected chi connectivity index (χ0v) is 14.9. The van der Waals surface area contributed by atoms with Crippen molar-refractivity contribution in [2.75, 3.05) is 20.3 Å². The molecule has 3 fully saturated rings. The van der Waals surface area contributed by atoms with Gasteiger partial charge >= 0.3 is 35.6 Å². The van der Waals surface area contributed by atoms with Crippen LogP contribution in [-0.4, -0.2) is 73.3 Å². The van der Waals surface area contributed by atoms with Crippen molar-refractivity contribution in [3.8, 4) is 0 Å². The first-order valence-corrected chi connectivity index (χ1v) is 7.69. The first-order valence-electron chi connectivity index (χ1n) is 6.36. The summed E-state index contributed by atoms with van der Waals surface area (Å²) in [7, 11) is -3.54. The van der Waals surface area contributed by atoms with Crippen LogP contribution in [0, 0.1) is 5.92 Å². The van der Waals surface area contributed by atoms with Crippen LogP contribution >= 0.6 is 0 Å². The maximum Gasteiger partial charge on any atom is 1.00 e. The Labute approximate surface area is 149 Å². The van der Waals surface area contributed by atoms with Crippen LogP contribution < -0.4 is 34.9 Å². The van der Waals surface area contributed by atoms with Crippen LogP contribution in [0.1, 0.15) is 6.42 Å². The molecule has 0 spiro atoms. The summed E-state index contributed by atoms with van der Waals surface area (Å²) >= 11 is 0. The molecule has 118 valence electrons. The van der Waals surface area contributed by atoms with Crippen molar-refractivity contribution in [3.05, 3.63) is 0 Å². The van der Waals surface area contributed by atoms with E-state index < -0.39 is 28.5 Å². The van der Waals surface area contributed by atoms with E-state index in [1.807, 2.05) is 0 Å². The Morgan fingerprint density at radius 2 is 2.09 bits per heavy atom. The van der Waals surface area contributed by atoms with Crippen LogP contribution in [0.15, 0.2) is 0 Å². The van der Waals surface area contributed by atoms with E-state index in [1.54, 1.807) is 0 Å². The fourth-order valence-electron chi connectivity index (χ4n) is 3.37. The van der Waals surface area contributed by atoms with Gasteiger partial charge in [-0.05, 0) is 6.42 Å². The largest absolute Gasteiger partial charge is 1.00 e. The summed E-state index contributed by atoms with van der Waals surface area (Å²) in [5.74, 6) is -0.510. The molecule has 3 heterocycles. The maximum absolute atomic E-state index is 12.1. The number of carbonyl (C=O) groups is 2. The third-order valence-corrected chi connectivity index (χ3v) is 4.43. The molecule has 3 aliphatic heterocycles. The van der Waals surface area contributed by atoms with E-state index in [-0.39, 0.29) is 54.0 Å². The molecule has 10 nitrogen and oxygen atoms in total. The summed E-state index contributed by atoms with van der Waals surface area (Å²) in [6.45, 7) is 0.449. The molecule has 2 bridgehead atoms. The van der Waals surface area contributed by atoms with Crippen molar-refractivity contribution < 1.29 is 61.1 Å². The number of urea groups is 1. The molecule has 1 N–H and O–H groups in total. The Hall–Kier alpha value is -0.430. The smallest absolute Gasteiger partial charge is 0.724 e. The van der Waals surface area contributed by atoms with Crippen molar-refractivity contribution in [2.24, 2.45) is 5.92 Å². The average Bonchev–Trinajstić information content (AvgIpc) is 2.81. The second-order valence-electron chi connectivity index (χ2n) is 5.31. The van der Waals surface area contributed by atoms with Gasteiger partial charge in [-0.15, -0.1) is 0 Å². The Morgan fingerprint density at radius 3 is 2.68 bits per heavy atom. The molecule has 0 aliphatic carbocycles. The number of hydrogen-bond donors (Lipinski definition) is 1. The molecule has 3 amide bonds. The van der Waals surface area contributed by atoms with E-state index >= 15 is 0 Å². The van der Waals surface area contributed by atoms with Crippen molar-refractivity contribution in [1.29, 1.82) is 0 Å². The number of methoxy groups -OCH3 is 1. The first-order chi connectivity index (χ1) is 9.81. The molecule has 0 aromatic heterocycles. The Morgan fingerprint density at radius 1 is 1.41 bits per heavy atom. The minimum atomic E-state index is -5.04. The SMILES string of the molecule is COC[C@@H]1NC(=O)[C@@H]2[C@H]1C[C@@H]1CN2C(=O)N1OS(=O)(=O)[O-].[Na+]. The molecule has 0 unspecified atom stereocenters. The van der Waals surface area contributed by atoms with Gasteiger partial charge in [-0.2, -0.15) is 9.35 Å². The van der Waals surface area contributed by atoms with E-state index in [4.69, 9.17) is 4.74 Å². The van der Waals surface area contributed by atoms with Crippen LogP contribution in [0.5, 0.6) is 0 Å². The normalized spacial score (nSPS) is 33.5. The minimum Gasteiger partial charge on any atom is -0.724 e. The third kappa shape index (κ3) is 2.98. The first kappa shape index (κ1) is 17.9. The van der Waals surface area contributed by atoms with Crippen molar-refractivity contribution >= 4 is 22.3 Å². The topological polar surface area (TPSA) is 128 Å². The fourth-order valence-corrected chi connectivity index (χ4v) is 3.75. The molecular formula is C10H14N3NaO7S. The number of amides is 3. The van der Waals surface area contributed by atoms with E-state index in [2.05, 4.69) is 9.60 Å². The number of nitrogens with one attached hydrogen (secondary N) is 1. The molecular weight excluding hydrogens is 329 g/mol. The van der Waals surface area contributed by atoms with Crippen LogP contribution in [0.3, 0.4) is 0 Å². The second-order valence-corrected chi connectivity index (χ2v) is 6.28. The van der Waals surface area contributed by atoms with Crippen LogP contribution in [0.25, 0.3) is 0 Å². The second kappa shape index (κ2) is 6.23. The van der Waals surface area contributed by atoms with Crippen LogP contribution in [-0.2, 0) is 24.2 Å². The number of fused-ring (bicyclic) bond motifs is 4.